The Morgan fingerprint density at radius 3 is 1.61 bits per heavy atom. The lowest BCUT2D eigenvalue weighted by atomic mass is 10.0. The normalized spacial score (nSPS) is 11.5. The first-order valence-corrected chi connectivity index (χ1v) is 15.2. The molecule has 5 aromatic heterocycles. The van der Waals surface area contributed by atoms with Crippen molar-refractivity contribution in [2.24, 2.45) is 0 Å². The van der Waals surface area contributed by atoms with Crippen LogP contribution in [0.1, 0.15) is 0 Å². The quantitative estimate of drug-likeness (QED) is 0.192. The highest BCUT2D eigenvalue weighted by atomic mass is 14.8. The Hall–Kier alpha value is -6.33. The summed E-state index contributed by atoms with van der Waals surface area (Å²) in [7, 11) is 0. The van der Waals surface area contributed by atoms with Crippen molar-refractivity contribution in [1.82, 2.24) is 24.9 Å². The molecule has 0 amide bonds. The van der Waals surface area contributed by atoms with Crippen LogP contribution in [0.25, 0.3) is 88.6 Å². The first-order valence-electron chi connectivity index (χ1n) is 15.2. The molecule has 4 aromatic carbocycles. The minimum atomic E-state index is 0.862. The molecule has 0 N–H and O–H groups in total. The van der Waals surface area contributed by atoms with Gasteiger partial charge in [-0.1, -0.05) is 84.9 Å². The fourth-order valence-electron chi connectivity index (χ4n) is 6.13. The van der Waals surface area contributed by atoms with Gasteiger partial charge in [-0.2, -0.15) is 0 Å². The molecule has 0 aliphatic carbocycles. The van der Waals surface area contributed by atoms with Crippen LogP contribution >= 0.6 is 0 Å². The van der Waals surface area contributed by atoms with E-state index in [1.54, 1.807) is 6.20 Å². The lowest BCUT2D eigenvalue weighted by molar-refractivity contribution is 1.28. The van der Waals surface area contributed by atoms with Crippen LogP contribution in [0.5, 0.6) is 0 Å². The SMILES string of the molecule is c1ccc(-c2ccc3ccc(-c4ccc5ccc(-c6cccc(-c7ccc8ccc9cccnc9c8n7)c6)nc5c4)cc3n2)nc1. The predicted octanol–water partition coefficient (Wildman–Crippen LogP) is 9.94. The summed E-state index contributed by atoms with van der Waals surface area (Å²) < 4.78 is 0. The highest BCUT2D eigenvalue weighted by molar-refractivity contribution is 6.03. The maximum Gasteiger partial charge on any atom is 0.0972 e. The number of aromatic nitrogens is 5. The van der Waals surface area contributed by atoms with Gasteiger partial charge in [0.25, 0.3) is 0 Å². The second kappa shape index (κ2) is 10.7. The van der Waals surface area contributed by atoms with Gasteiger partial charge in [0.2, 0.25) is 0 Å². The molecule has 0 unspecified atom stereocenters. The third-order valence-corrected chi connectivity index (χ3v) is 8.53. The van der Waals surface area contributed by atoms with E-state index in [1.807, 2.05) is 36.5 Å². The molecule has 0 fully saturated rings. The Bertz CT molecular complexity index is 2600. The smallest absolute Gasteiger partial charge is 0.0972 e. The molecule has 9 rings (SSSR count). The number of rotatable bonds is 4. The maximum atomic E-state index is 5.12. The van der Waals surface area contributed by atoms with Crippen LogP contribution in [-0.2, 0) is 0 Å². The van der Waals surface area contributed by atoms with E-state index < -0.39 is 0 Å². The van der Waals surface area contributed by atoms with Crippen molar-refractivity contribution in [3.05, 3.63) is 152 Å². The van der Waals surface area contributed by atoms with E-state index in [1.165, 1.54) is 0 Å². The van der Waals surface area contributed by atoms with E-state index in [0.29, 0.717) is 0 Å². The Kier molecular flexibility index (Phi) is 6.06. The van der Waals surface area contributed by atoms with Crippen molar-refractivity contribution in [2.75, 3.05) is 0 Å². The second-order valence-electron chi connectivity index (χ2n) is 11.4. The van der Waals surface area contributed by atoms with Crippen LogP contribution < -0.4 is 0 Å². The summed E-state index contributed by atoms with van der Waals surface area (Å²) in [6.45, 7) is 0. The van der Waals surface area contributed by atoms with E-state index in [2.05, 4.69) is 119 Å². The van der Waals surface area contributed by atoms with Gasteiger partial charge in [-0.3, -0.25) is 9.97 Å². The molecule has 5 nitrogen and oxygen atoms in total. The molecule has 0 saturated carbocycles. The third-order valence-electron chi connectivity index (χ3n) is 8.53. The minimum absolute atomic E-state index is 0.862. The van der Waals surface area contributed by atoms with Gasteiger partial charge in [0.1, 0.15) is 0 Å². The average Bonchev–Trinajstić information content (AvgIpc) is 3.14. The van der Waals surface area contributed by atoms with Crippen molar-refractivity contribution in [1.29, 1.82) is 0 Å². The van der Waals surface area contributed by atoms with Gasteiger partial charge >= 0.3 is 0 Å². The number of benzene rings is 4. The van der Waals surface area contributed by atoms with E-state index in [-0.39, 0.29) is 0 Å². The zero-order valence-electron chi connectivity index (χ0n) is 24.7. The van der Waals surface area contributed by atoms with Crippen LogP contribution in [0.2, 0.25) is 0 Å². The van der Waals surface area contributed by atoms with Crippen LogP contribution in [0.15, 0.2) is 152 Å². The van der Waals surface area contributed by atoms with Crippen molar-refractivity contribution in [3.63, 3.8) is 0 Å². The Morgan fingerprint density at radius 2 is 0.891 bits per heavy atom. The van der Waals surface area contributed by atoms with Crippen molar-refractivity contribution in [3.8, 4) is 45.0 Å². The molecule has 0 aliphatic heterocycles. The Balaban J connectivity index is 1.08. The molecule has 214 valence electrons. The maximum absolute atomic E-state index is 5.12. The van der Waals surface area contributed by atoms with Crippen LogP contribution in [-0.4, -0.2) is 24.9 Å². The zero-order valence-corrected chi connectivity index (χ0v) is 24.7. The van der Waals surface area contributed by atoms with Gasteiger partial charge in [-0.15, -0.1) is 0 Å². The Morgan fingerprint density at radius 1 is 0.304 bits per heavy atom. The van der Waals surface area contributed by atoms with Crippen molar-refractivity contribution >= 4 is 43.6 Å². The monoisotopic (exact) mass is 587 g/mol. The van der Waals surface area contributed by atoms with E-state index in [4.69, 9.17) is 15.0 Å². The molecule has 46 heavy (non-hydrogen) atoms. The first kappa shape index (κ1) is 26.1. The molecular formula is C41H25N5. The zero-order chi connectivity index (χ0) is 30.5. The standard InChI is InChI=1S/C41H25N5/c1-2-21-42-36(8-1)37-20-16-27-10-14-31(25-39(27)45-37)30-13-9-26-15-18-34(44-38(26)24-30)32-5-3-6-33(23-32)35-19-17-29-12-11-28-7-4-22-43-40(28)41(29)46-35/h1-25H. The molecule has 9 aromatic rings. The van der Waals surface area contributed by atoms with Crippen LogP contribution in [0.4, 0.5) is 0 Å². The van der Waals surface area contributed by atoms with Crippen molar-refractivity contribution in [2.45, 2.75) is 0 Å². The molecule has 5 heteroatoms. The fraction of sp³-hybridized carbons (Fsp3) is 0. The lowest BCUT2D eigenvalue weighted by Gasteiger charge is -2.09. The van der Waals surface area contributed by atoms with E-state index >= 15 is 0 Å². The molecule has 5 heterocycles. The van der Waals surface area contributed by atoms with E-state index in [9.17, 15) is 0 Å². The van der Waals surface area contributed by atoms with Gasteiger partial charge < -0.3 is 0 Å². The Labute approximate surface area is 264 Å². The van der Waals surface area contributed by atoms with Gasteiger partial charge in [0.15, 0.2) is 0 Å². The lowest BCUT2D eigenvalue weighted by Crippen LogP contribution is -1.90. The summed E-state index contributed by atoms with van der Waals surface area (Å²) in [5, 5.41) is 4.35. The summed E-state index contributed by atoms with van der Waals surface area (Å²) in [6.07, 6.45) is 3.62. The van der Waals surface area contributed by atoms with Crippen LogP contribution in [0, 0.1) is 0 Å². The topological polar surface area (TPSA) is 64.5 Å². The average molecular weight is 588 g/mol. The summed E-state index contributed by atoms with van der Waals surface area (Å²) in [5.41, 5.74) is 11.5. The highest BCUT2D eigenvalue weighted by Crippen LogP contribution is 2.31. The minimum Gasteiger partial charge on any atom is -0.255 e. The van der Waals surface area contributed by atoms with Crippen molar-refractivity contribution < 1.29 is 0 Å². The van der Waals surface area contributed by atoms with E-state index in [0.717, 1.165) is 88.6 Å². The van der Waals surface area contributed by atoms with Crippen LogP contribution in [0.3, 0.4) is 0 Å². The molecule has 0 aliphatic rings. The van der Waals surface area contributed by atoms with Gasteiger partial charge in [0.05, 0.1) is 44.8 Å². The summed E-state index contributed by atoms with van der Waals surface area (Å²) in [5.74, 6) is 0. The van der Waals surface area contributed by atoms with Gasteiger partial charge in [0, 0.05) is 45.1 Å². The summed E-state index contributed by atoms with van der Waals surface area (Å²) in [4.78, 5) is 24.2. The largest absolute Gasteiger partial charge is 0.255 e. The number of hydrogen-bond donors (Lipinski definition) is 0. The molecule has 0 radical (unpaired) electrons. The number of nitrogens with zero attached hydrogens (tertiary/aromatic N) is 5. The highest BCUT2D eigenvalue weighted by Gasteiger charge is 2.10. The predicted molar refractivity (Wildman–Crippen MR) is 187 cm³/mol. The second-order valence-corrected chi connectivity index (χ2v) is 11.4. The first-order chi connectivity index (χ1) is 22.7. The van der Waals surface area contributed by atoms with Gasteiger partial charge in [-0.25, -0.2) is 15.0 Å². The molecule has 0 atom stereocenters. The van der Waals surface area contributed by atoms with Gasteiger partial charge in [-0.05, 0) is 65.7 Å². The summed E-state index contributed by atoms with van der Waals surface area (Å²) in [6, 6.07) is 48.0. The number of fused-ring (bicyclic) bond motifs is 5. The molecular weight excluding hydrogens is 562 g/mol. The number of pyridine rings is 5. The fourth-order valence-corrected chi connectivity index (χ4v) is 6.13. The number of hydrogen-bond acceptors (Lipinski definition) is 5. The molecule has 0 bridgehead atoms. The molecule has 0 saturated heterocycles. The molecule has 0 spiro atoms. The third kappa shape index (κ3) is 4.62. The summed E-state index contributed by atoms with van der Waals surface area (Å²) >= 11 is 0.